The Bertz CT molecular complexity index is 494. The number of nitrogens with zero attached hydrogens (tertiary/aromatic N) is 1. The third kappa shape index (κ3) is 2.47. The number of hydrogen-bond donors (Lipinski definition) is 2. The van der Waals surface area contributed by atoms with Gasteiger partial charge >= 0.3 is 0 Å². The molecule has 17 heavy (non-hydrogen) atoms. The zero-order valence-electron chi connectivity index (χ0n) is 9.94. The molecule has 4 heteroatoms. The predicted octanol–water partition coefficient (Wildman–Crippen LogP) is 2.00. The Morgan fingerprint density at radius 1 is 1.35 bits per heavy atom. The van der Waals surface area contributed by atoms with Gasteiger partial charge in [0, 0.05) is 12.7 Å². The second kappa shape index (κ2) is 5.50. The summed E-state index contributed by atoms with van der Waals surface area (Å²) in [6.45, 7) is 1.50. The minimum absolute atomic E-state index is 0.675. The Kier molecular flexibility index (Phi) is 3.77. The number of fused-ring (bicyclic) bond motifs is 1. The molecule has 0 bridgehead atoms. The number of methoxy groups -OCH3 is 1. The van der Waals surface area contributed by atoms with E-state index < -0.39 is 0 Å². The van der Waals surface area contributed by atoms with Crippen LogP contribution in [0, 0.1) is 0 Å². The summed E-state index contributed by atoms with van der Waals surface area (Å²) in [5, 5.41) is 5.43. The zero-order valence-corrected chi connectivity index (χ0v) is 9.94. The molecule has 1 aromatic heterocycles. The molecule has 2 rings (SSSR count). The van der Waals surface area contributed by atoms with E-state index in [-0.39, 0.29) is 0 Å². The van der Waals surface area contributed by atoms with Crippen LogP contribution in [0.15, 0.2) is 30.5 Å². The van der Waals surface area contributed by atoms with Crippen molar-refractivity contribution in [2.75, 3.05) is 25.5 Å². The molecule has 3 N–H and O–H groups in total. The van der Waals surface area contributed by atoms with Crippen LogP contribution in [0.5, 0.6) is 5.75 Å². The number of rotatable bonds is 5. The maximum atomic E-state index is 5.48. The van der Waals surface area contributed by atoms with Crippen molar-refractivity contribution in [3.05, 3.63) is 30.5 Å². The van der Waals surface area contributed by atoms with E-state index in [1.807, 2.05) is 24.3 Å². The van der Waals surface area contributed by atoms with Gasteiger partial charge in [-0.25, -0.2) is 4.98 Å². The Morgan fingerprint density at radius 3 is 3.00 bits per heavy atom. The predicted molar refractivity (Wildman–Crippen MR) is 70.5 cm³/mol. The second-order valence-corrected chi connectivity index (χ2v) is 3.79. The highest BCUT2D eigenvalue weighted by Crippen LogP contribution is 2.30. The molecule has 1 aromatic carbocycles. The van der Waals surface area contributed by atoms with E-state index in [0.717, 1.165) is 35.3 Å². The van der Waals surface area contributed by atoms with Crippen LogP contribution in [-0.4, -0.2) is 25.2 Å². The lowest BCUT2D eigenvalue weighted by Gasteiger charge is -2.11. The summed E-state index contributed by atoms with van der Waals surface area (Å²) in [5.74, 6) is 1.69. The molecule has 4 nitrogen and oxygen atoms in total. The molecular weight excluding hydrogens is 214 g/mol. The van der Waals surface area contributed by atoms with Crippen LogP contribution in [0.25, 0.3) is 10.8 Å². The van der Waals surface area contributed by atoms with Crippen molar-refractivity contribution in [3.8, 4) is 5.75 Å². The fraction of sp³-hybridized carbons (Fsp3) is 0.308. The number of nitrogens with two attached hydrogens (primary N) is 1. The number of aromatic nitrogens is 1. The van der Waals surface area contributed by atoms with Crippen LogP contribution in [0.1, 0.15) is 6.42 Å². The molecule has 2 aromatic rings. The molecule has 0 fully saturated rings. The molecule has 0 saturated carbocycles. The molecule has 0 radical (unpaired) electrons. The molecular formula is C13H17N3O. The average molecular weight is 231 g/mol. The van der Waals surface area contributed by atoms with E-state index >= 15 is 0 Å². The molecule has 0 aliphatic rings. The van der Waals surface area contributed by atoms with Gasteiger partial charge in [-0.2, -0.15) is 0 Å². The maximum absolute atomic E-state index is 5.48. The molecule has 0 amide bonds. The zero-order chi connectivity index (χ0) is 12.1. The third-order valence-corrected chi connectivity index (χ3v) is 2.65. The van der Waals surface area contributed by atoms with E-state index in [1.54, 1.807) is 13.3 Å². The minimum Gasteiger partial charge on any atom is -0.496 e. The summed E-state index contributed by atoms with van der Waals surface area (Å²) >= 11 is 0. The first-order valence-electron chi connectivity index (χ1n) is 5.72. The van der Waals surface area contributed by atoms with Crippen LogP contribution >= 0.6 is 0 Å². The van der Waals surface area contributed by atoms with E-state index in [9.17, 15) is 0 Å². The van der Waals surface area contributed by atoms with Gasteiger partial charge in [0.25, 0.3) is 0 Å². The van der Waals surface area contributed by atoms with Gasteiger partial charge < -0.3 is 15.8 Å². The van der Waals surface area contributed by atoms with E-state index in [2.05, 4.69) is 10.3 Å². The number of benzene rings is 1. The topological polar surface area (TPSA) is 60.2 Å². The van der Waals surface area contributed by atoms with E-state index in [1.165, 1.54) is 0 Å². The van der Waals surface area contributed by atoms with Crippen molar-refractivity contribution in [3.63, 3.8) is 0 Å². The highest BCUT2D eigenvalue weighted by atomic mass is 16.5. The number of anilines is 1. The highest BCUT2D eigenvalue weighted by molar-refractivity contribution is 5.96. The van der Waals surface area contributed by atoms with Crippen molar-refractivity contribution < 1.29 is 4.74 Å². The smallest absolute Gasteiger partial charge is 0.137 e. The van der Waals surface area contributed by atoms with Gasteiger partial charge in [-0.15, -0.1) is 0 Å². The summed E-state index contributed by atoms with van der Waals surface area (Å²) in [6, 6.07) is 7.95. The molecule has 0 unspecified atom stereocenters. The fourth-order valence-electron chi connectivity index (χ4n) is 1.81. The second-order valence-electron chi connectivity index (χ2n) is 3.79. The third-order valence-electron chi connectivity index (χ3n) is 2.65. The SMILES string of the molecule is COc1cccc2ccnc(NCCCN)c12. The first-order valence-corrected chi connectivity index (χ1v) is 5.72. The quantitative estimate of drug-likeness (QED) is 0.773. The molecule has 0 aliphatic heterocycles. The first kappa shape index (κ1) is 11.7. The molecule has 0 saturated heterocycles. The monoisotopic (exact) mass is 231 g/mol. The van der Waals surface area contributed by atoms with Gasteiger partial charge in [-0.05, 0) is 30.5 Å². The summed E-state index contributed by atoms with van der Waals surface area (Å²) in [6.07, 6.45) is 2.72. The lowest BCUT2D eigenvalue weighted by molar-refractivity contribution is 0.420. The van der Waals surface area contributed by atoms with Gasteiger partial charge in [0.05, 0.1) is 12.5 Å². The van der Waals surface area contributed by atoms with Gasteiger partial charge in [0.15, 0.2) is 0 Å². The molecule has 0 aliphatic carbocycles. The standard InChI is InChI=1S/C13H17N3O/c1-17-11-5-2-4-10-6-9-16-13(12(10)11)15-8-3-7-14/h2,4-6,9H,3,7-8,14H2,1H3,(H,15,16). The van der Waals surface area contributed by atoms with Crippen molar-refractivity contribution in [2.45, 2.75) is 6.42 Å². The number of pyridine rings is 1. The Hall–Kier alpha value is -1.81. The van der Waals surface area contributed by atoms with Gasteiger partial charge in [-0.3, -0.25) is 0 Å². The van der Waals surface area contributed by atoms with Crippen LogP contribution in [-0.2, 0) is 0 Å². The lowest BCUT2D eigenvalue weighted by Crippen LogP contribution is -2.09. The number of nitrogens with one attached hydrogen (secondary N) is 1. The molecule has 0 spiro atoms. The number of ether oxygens (including phenoxy) is 1. The van der Waals surface area contributed by atoms with Crippen LogP contribution in [0.4, 0.5) is 5.82 Å². The van der Waals surface area contributed by atoms with Gasteiger partial charge in [0.1, 0.15) is 11.6 Å². The highest BCUT2D eigenvalue weighted by Gasteiger charge is 2.07. The maximum Gasteiger partial charge on any atom is 0.137 e. The Morgan fingerprint density at radius 2 is 2.24 bits per heavy atom. The van der Waals surface area contributed by atoms with E-state index in [4.69, 9.17) is 10.5 Å². The first-order chi connectivity index (χ1) is 8.36. The largest absolute Gasteiger partial charge is 0.496 e. The minimum atomic E-state index is 0.675. The van der Waals surface area contributed by atoms with Crippen LogP contribution in [0.2, 0.25) is 0 Å². The molecule has 90 valence electrons. The lowest BCUT2D eigenvalue weighted by atomic mass is 10.1. The van der Waals surface area contributed by atoms with Crippen molar-refractivity contribution in [1.82, 2.24) is 4.98 Å². The van der Waals surface area contributed by atoms with Crippen molar-refractivity contribution >= 4 is 16.6 Å². The van der Waals surface area contributed by atoms with Crippen LogP contribution < -0.4 is 15.8 Å². The summed E-state index contributed by atoms with van der Waals surface area (Å²) in [7, 11) is 1.67. The average Bonchev–Trinajstić information content (AvgIpc) is 2.38. The Labute approximate surface area is 101 Å². The van der Waals surface area contributed by atoms with Crippen molar-refractivity contribution in [2.24, 2.45) is 5.73 Å². The summed E-state index contributed by atoms with van der Waals surface area (Å²) in [4.78, 5) is 4.36. The van der Waals surface area contributed by atoms with Crippen LogP contribution in [0.3, 0.4) is 0 Å². The van der Waals surface area contributed by atoms with Crippen molar-refractivity contribution in [1.29, 1.82) is 0 Å². The number of hydrogen-bond acceptors (Lipinski definition) is 4. The summed E-state index contributed by atoms with van der Waals surface area (Å²) < 4.78 is 5.37. The normalized spacial score (nSPS) is 10.5. The summed E-state index contributed by atoms with van der Waals surface area (Å²) in [5.41, 5.74) is 5.48. The van der Waals surface area contributed by atoms with Gasteiger partial charge in [0.2, 0.25) is 0 Å². The Balaban J connectivity index is 2.40. The molecule has 0 atom stereocenters. The van der Waals surface area contributed by atoms with E-state index in [0.29, 0.717) is 6.54 Å². The van der Waals surface area contributed by atoms with Gasteiger partial charge in [-0.1, -0.05) is 12.1 Å². The fourth-order valence-corrected chi connectivity index (χ4v) is 1.81. The molecule has 1 heterocycles.